The van der Waals surface area contributed by atoms with Gasteiger partial charge in [0, 0.05) is 23.4 Å². The Balaban J connectivity index is 0.00000126. The molecule has 0 aliphatic rings. The van der Waals surface area contributed by atoms with Crippen molar-refractivity contribution < 1.29 is 8.78 Å². The summed E-state index contributed by atoms with van der Waals surface area (Å²) in [6, 6.07) is 7.45. The topological polar surface area (TPSA) is 56.7 Å². The van der Waals surface area contributed by atoms with Gasteiger partial charge in [-0.25, -0.2) is 13.8 Å². The summed E-state index contributed by atoms with van der Waals surface area (Å²) in [7, 11) is 1.50. The lowest BCUT2D eigenvalue weighted by Crippen LogP contribution is -2.04. The Bertz CT molecular complexity index is 859. The first kappa shape index (κ1) is 21.1. The number of pyridine rings is 1. The van der Waals surface area contributed by atoms with Crippen molar-refractivity contribution in [1.29, 1.82) is 0 Å². The molecule has 0 amide bonds. The van der Waals surface area contributed by atoms with Crippen LogP contribution in [0.2, 0.25) is 0 Å². The van der Waals surface area contributed by atoms with E-state index in [1.807, 2.05) is 25.3 Å². The van der Waals surface area contributed by atoms with Crippen LogP contribution < -0.4 is 5.73 Å². The van der Waals surface area contributed by atoms with Crippen molar-refractivity contribution in [3.63, 3.8) is 0 Å². The molecule has 0 saturated carbocycles. The molecule has 4 nitrogen and oxygen atoms in total. The summed E-state index contributed by atoms with van der Waals surface area (Å²) in [4.78, 5) is 9.35. The number of aromatic nitrogens is 3. The van der Waals surface area contributed by atoms with Crippen molar-refractivity contribution in [1.82, 2.24) is 14.5 Å². The van der Waals surface area contributed by atoms with Crippen LogP contribution in [0.3, 0.4) is 0 Å². The zero-order chi connectivity index (χ0) is 20.0. The molecule has 0 unspecified atom stereocenters. The Morgan fingerprint density at radius 2 is 1.81 bits per heavy atom. The molecule has 0 radical (unpaired) electrons. The van der Waals surface area contributed by atoms with E-state index in [2.05, 4.69) is 34.1 Å². The fraction of sp³-hybridized carbons (Fsp3) is 0.300. The van der Waals surface area contributed by atoms with Gasteiger partial charge in [0.2, 0.25) is 0 Å². The van der Waals surface area contributed by atoms with Gasteiger partial charge in [-0.1, -0.05) is 31.7 Å². The molecule has 7 heteroatoms. The van der Waals surface area contributed by atoms with E-state index < -0.39 is 11.6 Å². The van der Waals surface area contributed by atoms with Gasteiger partial charge < -0.3 is 10.3 Å². The minimum atomic E-state index is -0.580. The maximum absolute atomic E-state index is 13.6. The van der Waals surface area contributed by atoms with Gasteiger partial charge in [-0.3, -0.25) is 4.98 Å². The first-order valence-electron chi connectivity index (χ1n) is 8.61. The van der Waals surface area contributed by atoms with E-state index in [0.29, 0.717) is 11.4 Å². The van der Waals surface area contributed by atoms with Crippen molar-refractivity contribution in [2.24, 2.45) is 5.73 Å². The molecule has 0 aliphatic carbocycles. The van der Waals surface area contributed by atoms with E-state index in [1.165, 1.54) is 30.9 Å². The smallest absolute Gasteiger partial charge is 0.127 e. The molecule has 0 aliphatic heterocycles. The lowest BCUT2D eigenvalue weighted by Gasteiger charge is -2.12. The van der Waals surface area contributed by atoms with Gasteiger partial charge in [0.05, 0.1) is 12.2 Å². The largest absolute Gasteiger partial charge is 0.333 e. The first-order chi connectivity index (χ1) is 12.9. The maximum atomic E-state index is 13.6. The van der Waals surface area contributed by atoms with Crippen molar-refractivity contribution in [2.75, 3.05) is 7.05 Å². The Morgan fingerprint density at radius 1 is 1.15 bits per heavy atom. The minimum absolute atomic E-state index is 0.203. The zero-order valence-corrected chi connectivity index (χ0v) is 16.7. The van der Waals surface area contributed by atoms with Gasteiger partial charge in [-0.2, -0.15) is 0 Å². The SMILES string of the molecule is CN.Cc1nc(C(C)C)c(Sc2cc(F)cc(F)c2)n1Cc1cccnc1. The number of nitrogens with two attached hydrogens (primary N) is 1. The van der Waals surface area contributed by atoms with Crippen molar-refractivity contribution >= 4 is 11.8 Å². The van der Waals surface area contributed by atoms with E-state index in [9.17, 15) is 8.78 Å². The van der Waals surface area contributed by atoms with Gasteiger partial charge in [0.15, 0.2) is 0 Å². The van der Waals surface area contributed by atoms with E-state index in [0.717, 1.165) is 28.2 Å². The lowest BCUT2D eigenvalue weighted by molar-refractivity contribution is 0.577. The van der Waals surface area contributed by atoms with Gasteiger partial charge in [0.25, 0.3) is 0 Å². The molecule has 3 aromatic rings. The summed E-state index contributed by atoms with van der Waals surface area (Å²) >= 11 is 1.34. The van der Waals surface area contributed by atoms with Crippen LogP contribution in [0.15, 0.2) is 52.6 Å². The second-order valence-electron chi connectivity index (χ2n) is 6.16. The van der Waals surface area contributed by atoms with Crippen LogP contribution in [0.5, 0.6) is 0 Å². The Morgan fingerprint density at radius 3 is 2.37 bits per heavy atom. The molecular weight excluding hydrogens is 366 g/mol. The maximum Gasteiger partial charge on any atom is 0.127 e. The van der Waals surface area contributed by atoms with Gasteiger partial charge in [-0.15, -0.1) is 0 Å². The Hall–Kier alpha value is -2.25. The highest BCUT2D eigenvalue weighted by atomic mass is 32.2. The predicted molar refractivity (Wildman–Crippen MR) is 105 cm³/mol. The number of imidazole rings is 1. The normalized spacial score (nSPS) is 10.7. The molecule has 3 rings (SSSR count). The van der Waals surface area contributed by atoms with Crippen LogP contribution in [0.1, 0.15) is 36.8 Å². The quantitative estimate of drug-likeness (QED) is 0.682. The molecule has 2 N–H and O–H groups in total. The summed E-state index contributed by atoms with van der Waals surface area (Å²) in [6.07, 6.45) is 3.54. The number of halogens is 2. The third-order valence-corrected chi connectivity index (χ3v) is 4.89. The summed E-state index contributed by atoms with van der Waals surface area (Å²) in [5.74, 6) is -0.0889. The van der Waals surface area contributed by atoms with E-state index in [1.54, 1.807) is 6.20 Å². The number of hydrogen-bond donors (Lipinski definition) is 1. The monoisotopic (exact) mass is 390 g/mol. The van der Waals surface area contributed by atoms with Crippen LogP contribution >= 0.6 is 11.8 Å². The van der Waals surface area contributed by atoms with Crippen molar-refractivity contribution in [2.45, 2.75) is 43.2 Å². The standard InChI is InChI=1S/C19H19F2N3S.CH5N/c1-12(2)18-19(25-17-8-15(20)7-16(21)9-17)24(13(3)23-18)11-14-5-4-6-22-10-14;1-2/h4-10,12H,11H2,1-3H3;2H2,1H3. The van der Waals surface area contributed by atoms with Crippen LogP contribution in [-0.4, -0.2) is 21.6 Å². The Kier molecular flexibility index (Phi) is 7.50. The van der Waals surface area contributed by atoms with Crippen LogP contribution in [-0.2, 0) is 6.54 Å². The van der Waals surface area contributed by atoms with Crippen molar-refractivity contribution in [3.8, 4) is 0 Å². The number of rotatable bonds is 5. The van der Waals surface area contributed by atoms with Crippen LogP contribution in [0.25, 0.3) is 0 Å². The van der Waals surface area contributed by atoms with Crippen LogP contribution in [0, 0.1) is 18.6 Å². The van der Waals surface area contributed by atoms with Gasteiger partial charge >= 0.3 is 0 Å². The summed E-state index contributed by atoms with van der Waals surface area (Å²) in [5, 5.41) is 0.904. The van der Waals surface area contributed by atoms with Gasteiger partial charge in [-0.05, 0) is 43.7 Å². The molecule has 27 heavy (non-hydrogen) atoms. The molecule has 144 valence electrons. The predicted octanol–water partition coefficient (Wildman–Crippen LogP) is 4.76. The van der Waals surface area contributed by atoms with Gasteiger partial charge in [0.1, 0.15) is 22.5 Å². The highest BCUT2D eigenvalue weighted by Crippen LogP contribution is 2.35. The molecule has 0 spiro atoms. The number of benzene rings is 1. The van der Waals surface area contributed by atoms with Crippen molar-refractivity contribution in [3.05, 3.63) is 71.4 Å². The zero-order valence-electron chi connectivity index (χ0n) is 15.9. The molecule has 0 fully saturated rings. The molecule has 1 aromatic carbocycles. The summed E-state index contributed by atoms with van der Waals surface area (Å²) < 4.78 is 29.2. The average molecular weight is 391 g/mol. The highest BCUT2D eigenvalue weighted by Gasteiger charge is 2.19. The second-order valence-corrected chi connectivity index (χ2v) is 7.22. The molecule has 0 atom stereocenters. The van der Waals surface area contributed by atoms with Crippen LogP contribution in [0.4, 0.5) is 8.78 Å². The molecule has 0 bridgehead atoms. The average Bonchev–Trinajstić information content (AvgIpc) is 2.93. The molecule has 0 saturated heterocycles. The number of aryl methyl sites for hydroxylation is 1. The molecule has 2 aromatic heterocycles. The lowest BCUT2D eigenvalue weighted by atomic mass is 10.1. The third kappa shape index (κ3) is 5.37. The second kappa shape index (κ2) is 9.62. The van der Waals surface area contributed by atoms with E-state index in [4.69, 9.17) is 0 Å². The Labute approximate surface area is 162 Å². The molecule has 2 heterocycles. The number of nitrogens with zero attached hydrogens (tertiary/aromatic N) is 3. The molecular formula is C20H24F2N4S. The fourth-order valence-corrected chi connectivity index (χ4v) is 3.87. The first-order valence-corrected chi connectivity index (χ1v) is 9.43. The highest BCUT2D eigenvalue weighted by molar-refractivity contribution is 7.99. The summed E-state index contributed by atoms with van der Waals surface area (Å²) in [6.45, 7) is 6.68. The fourth-order valence-electron chi connectivity index (χ4n) is 2.61. The minimum Gasteiger partial charge on any atom is -0.333 e. The van der Waals surface area contributed by atoms with E-state index >= 15 is 0 Å². The van der Waals surface area contributed by atoms with E-state index in [-0.39, 0.29) is 5.92 Å². The third-order valence-electron chi connectivity index (χ3n) is 3.80. The number of hydrogen-bond acceptors (Lipinski definition) is 4. The summed E-state index contributed by atoms with van der Waals surface area (Å²) in [5.41, 5.74) is 6.47.